The lowest BCUT2D eigenvalue weighted by Crippen LogP contribution is -2.58. The molecule has 116 valence electrons. The molecule has 5 heteroatoms. The van der Waals surface area contributed by atoms with Gasteiger partial charge in [0.25, 0.3) is 0 Å². The lowest BCUT2D eigenvalue weighted by molar-refractivity contribution is -0.144. The fourth-order valence-electron chi connectivity index (χ4n) is 2.69. The van der Waals surface area contributed by atoms with E-state index in [1.165, 1.54) is 11.3 Å². The molecule has 0 spiro atoms. The Morgan fingerprint density at radius 3 is 2.52 bits per heavy atom. The predicted octanol–water partition coefficient (Wildman–Crippen LogP) is 1.18. The molecule has 1 heterocycles. The number of rotatable bonds is 5. The van der Waals surface area contributed by atoms with E-state index in [0.717, 1.165) is 26.2 Å². The van der Waals surface area contributed by atoms with Crippen molar-refractivity contribution in [3.8, 4) is 0 Å². The van der Waals surface area contributed by atoms with Crippen molar-refractivity contribution in [3.05, 3.63) is 29.8 Å². The fourth-order valence-corrected chi connectivity index (χ4v) is 2.69. The number of carboxylic acid groups (broad SMARTS) is 1. The Morgan fingerprint density at radius 2 is 2.00 bits per heavy atom. The third-order valence-electron chi connectivity index (χ3n) is 4.30. The molecular formula is C16H25N3O2. The molecular weight excluding hydrogens is 266 g/mol. The number of nitrogens with zero attached hydrogens (tertiary/aromatic N) is 2. The predicted molar refractivity (Wildman–Crippen MR) is 84.9 cm³/mol. The van der Waals surface area contributed by atoms with Crippen molar-refractivity contribution in [2.75, 3.05) is 44.7 Å². The van der Waals surface area contributed by atoms with Crippen molar-refractivity contribution in [1.82, 2.24) is 10.2 Å². The van der Waals surface area contributed by atoms with E-state index in [1.54, 1.807) is 14.0 Å². The van der Waals surface area contributed by atoms with Gasteiger partial charge in [-0.1, -0.05) is 12.1 Å². The first-order valence-corrected chi connectivity index (χ1v) is 7.41. The molecule has 21 heavy (non-hydrogen) atoms. The van der Waals surface area contributed by atoms with Gasteiger partial charge in [-0.3, -0.25) is 9.69 Å². The number of aryl methyl sites for hydroxylation is 1. The lowest BCUT2D eigenvalue weighted by Gasteiger charge is -2.39. The number of nitrogens with one attached hydrogen (secondary N) is 1. The van der Waals surface area contributed by atoms with Gasteiger partial charge in [0.15, 0.2) is 0 Å². The standard InChI is InChI=1S/C16H25N3O2/c1-13-5-4-6-14(11-13)19-9-7-18(8-10-19)12-16(2,17-3)15(20)21/h4-6,11,17H,7-10,12H2,1-3H3,(H,20,21). The number of benzene rings is 1. The van der Waals surface area contributed by atoms with Crippen molar-refractivity contribution in [3.63, 3.8) is 0 Å². The summed E-state index contributed by atoms with van der Waals surface area (Å²) >= 11 is 0. The zero-order valence-electron chi connectivity index (χ0n) is 13.1. The molecule has 1 unspecified atom stereocenters. The summed E-state index contributed by atoms with van der Waals surface area (Å²) in [5, 5.41) is 12.2. The van der Waals surface area contributed by atoms with Crippen LogP contribution in [0.4, 0.5) is 5.69 Å². The van der Waals surface area contributed by atoms with Crippen LogP contribution in [-0.2, 0) is 4.79 Å². The Labute approximate surface area is 126 Å². The number of likely N-dealkylation sites (N-methyl/N-ethyl adjacent to an activating group) is 1. The molecule has 0 radical (unpaired) electrons. The van der Waals surface area contributed by atoms with Crippen molar-refractivity contribution in [2.45, 2.75) is 19.4 Å². The van der Waals surface area contributed by atoms with Gasteiger partial charge in [-0.25, -0.2) is 0 Å². The first kappa shape index (κ1) is 15.8. The Balaban J connectivity index is 1.93. The van der Waals surface area contributed by atoms with Gasteiger partial charge < -0.3 is 15.3 Å². The Morgan fingerprint density at radius 1 is 1.33 bits per heavy atom. The van der Waals surface area contributed by atoms with Crippen LogP contribution in [0.1, 0.15) is 12.5 Å². The van der Waals surface area contributed by atoms with Gasteiger partial charge in [0, 0.05) is 38.4 Å². The molecule has 5 nitrogen and oxygen atoms in total. The summed E-state index contributed by atoms with van der Waals surface area (Å²) in [4.78, 5) is 15.9. The average molecular weight is 291 g/mol. The van der Waals surface area contributed by atoms with Crippen LogP contribution >= 0.6 is 0 Å². The number of anilines is 1. The summed E-state index contributed by atoms with van der Waals surface area (Å²) in [7, 11) is 1.71. The lowest BCUT2D eigenvalue weighted by atomic mass is 10.0. The van der Waals surface area contributed by atoms with Crippen LogP contribution in [0.25, 0.3) is 0 Å². The van der Waals surface area contributed by atoms with Gasteiger partial charge in [-0.05, 0) is 38.6 Å². The summed E-state index contributed by atoms with van der Waals surface area (Å²) in [6.45, 7) is 8.01. The van der Waals surface area contributed by atoms with Gasteiger partial charge >= 0.3 is 5.97 Å². The quantitative estimate of drug-likeness (QED) is 0.853. The molecule has 0 aliphatic carbocycles. The molecule has 1 aromatic rings. The molecule has 0 saturated carbocycles. The molecule has 1 aromatic carbocycles. The van der Waals surface area contributed by atoms with Crippen molar-refractivity contribution < 1.29 is 9.90 Å². The van der Waals surface area contributed by atoms with Crippen LogP contribution in [0, 0.1) is 6.92 Å². The zero-order valence-corrected chi connectivity index (χ0v) is 13.1. The molecule has 1 saturated heterocycles. The fraction of sp³-hybridized carbons (Fsp3) is 0.562. The second-order valence-corrected chi connectivity index (χ2v) is 5.99. The van der Waals surface area contributed by atoms with Crippen molar-refractivity contribution in [2.24, 2.45) is 0 Å². The third-order valence-corrected chi connectivity index (χ3v) is 4.30. The van der Waals surface area contributed by atoms with Crippen LogP contribution in [0.5, 0.6) is 0 Å². The van der Waals surface area contributed by atoms with Gasteiger partial charge in [0.1, 0.15) is 5.54 Å². The minimum Gasteiger partial charge on any atom is -0.480 e. The molecule has 1 atom stereocenters. The Hall–Kier alpha value is -1.59. The van der Waals surface area contributed by atoms with Gasteiger partial charge in [-0.2, -0.15) is 0 Å². The molecule has 2 rings (SSSR count). The highest BCUT2D eigenvalue weighted by molar-refractivity contribution is 5.78. The summed E-state index contributed by atoms with van der Waals surface area (Å²) in [6, 6.07) is 8.52. The second-order valence-electron chi connectivity index (χ2n) is 5.99. The van der Waals surface area contributed by atoms with Gasteiger partial charge in [-0.15, -0.1) is 0 Å². The highest BCUT2D eigenvalue weighted by Gasteiger charge is 2.34. The maximum Gasteiger partial charge on any atom is 0.324 e. The SMILES string of the molecule is CNC(C)(CN1CCN(c2cccc(C)c2)CC1)C(=O)O. The van der Waals surface area contributed by atoms with E-state index >= 15 is 0 Å². The normalized spacial score (nSPS) is 19.3. The molecule has 1 aliphatic rings. The molecule has 1 aliphatic heterocycles. The topological polar surface area (TPSA) is 55.8 Å². The van der Waals surface area contributed by atoms with E-state index in [9.17, 15) is 9.90 Å². The van der Waals surface area contributed by atoms with Crippen LogP contribution in [-0.4, -0.2) is 61.3 Å². The van der Waals surface area contributed by atoms with E-state index in [1.807, 2.05) is 0 Å². The van der Waals surface area contributed by atoms with Crippen molar-refractivity contribution in [1.29, 1.82) is 0 Å². The summed E-state index contributed by atoms with van der Waals surface area (Å²) in [6.07, 6.45) is 0. The van der Waals surface area contributed by atoms with Crippen LogP contribution in [0.3, 0.4) is 0 Å². The Kier molecular flexibility index (Phi) is 4.85. The third kappa shape index (κ3) is 3.74. The maximum absolute atomic E-state index is 11.3. The number of piperazine rings is 1. The molecule has 2 N–H and O–H groups in total. The average Bonchev–Trinajstić information content (AvgIpc) is 2.47. The van der Waals surface area contributed by atoms with Gasteiger partial charge in [0.2, 0.25) is 0 Å². The van der Waals surface area contributed by atoms with E-state index in [0.29, 0.717) is 6.54 Å². The highest BCUT2D eigenvalue weighted by atomic mass is 16.4. The van der Waals surface area contributed by atoms with Gasteiger partial charge in [0.05, 0.1) is 0 Å². The van der Waals surface area contributed by atoms with Crippen LogP contribution in [0.15, 0.2) is 24.3 Å². The summed E-state index contributed by atoms with van der Waals surface area (Å²) < 4.78 is 0. The first-order chi connectivity index (χ1) is 9.94. The summed E-state index contributed by atoms with van der Waals surface area (Å²) in [5.74, 6) is -0.800. The Bertz CT molecular complexity index is 498. The molecule has 0 bridgehead atoms. The molecule has 0 amide bonds. The number of hydrogen-bond acceptors (Lipinski definition) is 4. The van der Waals surface area contributed by atoms with Crippen LogP contribution in [0.2, 0.25) is 0 Å². The maximum atomic E-state index is 11.3. The van der Waals surface area contributed by atoms with E-state index in [2.05, 4.69) is 46.3 Å². The van der Waals surface area contributed by atoms with E-state index < -0.39 is 11.5 Å². The van der Waals surface area contributed by atoms with Crippen LogP contribution < -0.4 is 10.2 Å². The first-order valence-electron chi connectivity index (χ1n) is 7.41. The highest BCUT2D eigenvalue weighted by Crippen LogP contribution is 2.18. The number of carbonyl (C=O) groups is 1. The number of aliphatic carboxylic acids is 1. The zero-order chi connectivity index (χ0) is 15.5. The van der Waals surface area contributed by atoms with Crippen molar-refractivity contribution >= 4 is 11.7 Å². The molecule has 1 fully saturated rings. The number of carboxylic acids is 1. The molecule has 0 aromatic heterocycles. The monoisotopic (exact) mass is 291 g/mol. The summed E-state index contributed by atoms with van der Waals surface area (Å²) in [5.41, 5.74) is 1.64. The largest absolute Gasteiger partial charge is 0.480 e. The van der Waals surface area contributed by atoms with E-state index in [4.69, 9.17) is 0 Å². The smallest absolute Gasteiger partial charge is 0.324 e. The minimum atomic E-state index is -0.883. The van der Waals surface area contributed by atoms with E-state index in [-0.39, 0.29) is 0 Å². The second kappa shape index (κ2) is 6.45. The number of hydrogen-bond donors (Lipinski definition) is 2. The minimum absolute atomic E-state index is 0.528.